The van der Waals surface area contributed by atoms with Crippen molar-refractivity contribution < 1.29 is 13.0 Å². The van der Waals surface area contributed by atoms with E-state index in [2.05, 4.69) is 0 Å². The van der Waals surface area contributed by atoms with Crippen LogP contribution in [0.15, 0.2) is 29.2 Å². The molecule has 3 nitrogen and oxygen atoms in total. The van der Waals surface area contributed by atoms with Crippen molar-refractivity contribution in [3.05, 3.63) is 29.8 Å². The maximum Gasteiger partial charge on any atom is 0.294 e. The first-order valence-corrected chi connectivity index (χ1v) is 4.49. The molecule has 0 fully saturated rings. The molecule has 0 spiro atoms. The average molecular weight is 381 g/mol. The molecular weight excluding hydrogens is 373 g/mol. The molecule has 3 radical (unpaired) electrons. The summed E-state index contributed by atoms with van der Waals surface area (Å²) in [6.07, 6.45) is 0. The van der Waals surface area contributed by atoms with Gasteiger partial charge in [-0.05, 0) is 18.6 Å². The summed E-state index contributed by atoms with van der Waals surface area (Å²) in [6.45, 7) is 1.63. The fourth-order valence-corrected chi connectivity index (χ4v) is 1.57. The summed E-state index contributed by atoms with van der Waals surface area (Å²) >= 11 is 0. The molecule has 0 atom stereocenters. The van der Waals surface area contributed by atoms with Crippen molar-refractivity contribution in [1.82, 2.24) is 0 Å². The quantitative estimate of drug-likeness (QED) is 0.580. The van der Waals surface area contributed by atoms with Crippen LogP contribution < -0.4 is 0 Å². The van der Waals surface area contributed by atoms with E-state index < -0.39 is 10.1 Å². The van der Waals surface area contributed by atoms with Gasteiger partial charge in [0.2, 0.25) is 0 Å². The Kier molecular flexibility index (Phi) is 4.31. The Labute approximate surface area is 90.7 Å². The van der Waals surface area contributed by atoms with Gasteiger partial charge in [0.25, 0.3) is 10.1 Å². The van der Waals surface area contributed by atoms with Gasteiger partial charge in [0.15, 0.2) is 0 Å². The molecule has 0 aliphatic carbocycles. The van der Waals surface area contributed by atoms with Gasteiger partial charge in [-0.1, -0.05) is 18.2 Å². The second-order valence-corrected chi connectivity index (χ2v) is 3.63. The Morgan fingerprint density at radius 1 is 1.25 bits per heavy atom. The molecular formula is C7H8BiO3S. The predicted octanol–water partition coefficient (Wildman–Crippen LogP) is 0.861. The molecule has 0 aromatic heterocycles. The second kappa shape index (κ2) is 4.31. The standard InChI is InChI=1S/C7H8O3S.Bi/c1-6-4-2-3-5-7(6)11(8,9)10;/h2-5H,1H3,(H,8,9,10);. The average Bonchev–Trinajstić information content (AvgIpc) is 1.86. The largest absolute Gasteiger partial charge is 0.294 e. The number of rotatable bonds is 1. The summed E-state index contributed by atoms with van der Waals surface area (Å²) in [4.78, 5) is -0.0278. The van der Waals surface area contributed by atoms with Crippen LogP contribution >= 0.6 is 0 Å². The zero-order valence-electron chi connectivity index (χ0n) is 6.43. The van der Waals surface area contributed by atoms with Crippen LogP contribution in [0.2, 0.25) is 0 Å². The number of hydrogen-bond acceptors (Lipinski definition) is 2. The smallest absolute Gasteiger partial charge is 0.282 e. The molecule has 0 amide bonds. The second-order valence-electron chi connectivity index (χ2n) is 2.24. The molecule has 5 heteroatoms. The molecule has 65 valence electrons. The van der Waals surface area contributed by atoms with Gasteiger partial charge >= 0.3 is 0 Å². The first-order chi connectivity index (χ1) is 5.02. The summed E-state index contributed by atoms with van der Waals surface area (Å²) < 4.78 is 29.9. The molecule has 0 aliphatic rings. The monoisotopic (exact) mass is 381 g/mol. The zero-order chi connectivity index (χ0) is 8.48. The molecule has 0 saturated heterocycles. The van der Waals surface area contributed by atoms with E-state index in [1.807, 2.05) is 0 Å². The van der Waals surface area contributed by atoms with E-state index in [0.717, 1.165) is 0 Å². The fraction of sp³-hybridized carbons (Fsp3) is 0.143. The molecule has 0 unspecified atom stereocenters. The van der Waals surface area contributed by atoms with Gasteiger partial charge in [0, 0.05) is 26.2 Å². The maximum atomic E-state index is 10.6. The van der Waals surface area contributed by atoms with Crippen LogP contribution in [0.3, 0.4) is 0 Å². The Hall–Kier alpha value is 0.0131. The normalized spacial score (nSPS) is 10.5. The summed E-state index contributed by atoms with van der Waals surface area (Å²) in [5.41, 5.74) is 0.551. The van der Waals surface area contributed by atoms with Crippen molar-refractivity contribution in [1.29, 1.82) is 0 Å². The summed E-state index contributed by atoms with van der Waals surface area (Å²) in [7, 11) is -4.03. The van der Waals surface area contributed by atoms with Gasteiger partial charge in [-0.3, -0.25) is 4.55 Å². The van der Waals surface area contributed by atoms with E-state index in [-0.39, 0.29) is 31.1 Å². The zero-order valence-corrected chi connectivity index (χ0v) is 10.7. The Bertz CT molecular complexity index is 359. The SMILES string of the molecule is Cc1ccccc1S(=O)(=O)O.[Bi]. The van der Waals surface area contributed by atoms with Crippen molar-refractivity contribution in [2.45, 2.75) is 11.8 Å². The number of aryl methyl sites for hydroxylation is 1. The molecule has 1 aromatic carbocycles. The first kappa shape index (κ1) is 12.0. The molecule has 1 aromatic rings. The van der Waals surface area contributed by atoms with Gasteiger partial charge in [-0.25, -0.2) is 0 Å². The molecule has 1 rings (SSSR count). The topological polar surface area (TPSA) is 54.4 Å². The van der Waals surface area contributed by atoms with E-state index in [1.165, 1.54) is 6.07 Å². The van der Waals surface area contributed by atoms with Gasteiger partial charge in [-0.2, -0.15) is 8.42 Å². The van der Waals surface area contributed by atoms with Gasteiger partial charge < -0.3 is 0 Å². The van der Waals surface area contributed by atoms with E-state index >= 15 is 0 Å². The summed E-state index contributed by atoms with van der Waals surface area (Å²) in [6, 6.07) is 6.27. The van der Waals surface area contributed by atoms with Crippen LogP contribution in [-0.2, 0) is 10.1 Å². The van der Waals surface area contributed by atoms with Crippen LogP contribution in [0.5, 0.6) is 0 Å². The van der Waals surface area contributed by atoms with E-state index in [4.69, 9.17) is 4.55 Å². The number of benzene rings is 1. The van der Waals surface area contributed by atoms with Crippen molar-refractivity contribution >= 4 is 36.3 Å². The van der Waals surface area contributed by atoms with Crippen LogP contribution in [0.1, 0.15) is 5.56 Å². The van der Waals surface area contributed by atoms with Crippen LogP contribution in [0.25, 0.3) is 0 Å². The molecule has 0 saturated carbocycles. The Morgan fingerprint density at radius 2 is 1.75 bits per heavy atom. The van der Waals surface area contributed by atoms with Crippen molar-refractivity contribution in [2.24, 2.45) is 0 Å². The van der Waals surface area contributed by atoms with Crippen molar-refractivity contribution in [3.8, 4) is 0 Å². The Morgan fingerprint density at radius 3 is 2.08 bits per heavy atom. The van der Waals surface area contributed by atoms with Crippen LogP contribution in [-0.4, -0.2) is 39.2 Å². The third kappa shape index (κ3) is 2.81. The Balaban J connectivity index is 0.00000121. The summed E-state index contributed by atoms with van der Waals surface area (Å²) in [5.74, 6) is 0. The molecule has 0 bridgehead atoms. The third-order valence-electron chi connectivity index (χ3n) is 1.37. The van der Waals surface area contributed by atoms with E-state index in [1.54, 1.807) is 25.1 Å². The van der Waals surface area contributed by atoms with Crippen molar-refractivity contribution in [2.75, 3.05) is 0 Å². The molecule has 12 heavy (non-hydrogen) atoms. The van der Waals surface area contributed by atoms with Crippen LogP contribution in [0, 0.1) is 6.92 Å². The van der Waals surface area contributed by atoms with E-state index in [0.29, 0.717) is 5.56 Å². The first-order valence-electron chi connectivity index (χ1n) is 3.05. The van der Waals surface area contributed by atoms with Gasteiger partial charge in [0.1, 0.15) is 0 Å². The van der Waals surface area contributed by atoms with Gasteiger partial charge in [-0.15, -0.1) is 0 Å². The predicted molar refractivity (Wildman–Crippen MR) is 46.7 cm³/mol. The van der Waals surface area contributed by atoms with Crippen molar-refractivity contribution in [3.63, 3.8) is 0 Å². The minimum Gasteiger partial charge on any atom is -0.282 e. The minimum absolute atomic E-state index is 0. The molecule has 0 heterocycles. The van der Waals surface area contributed by atoms with E-state index in [9.17, 15) is 8.42 Å². The maximum absolute atomic E-state index is 10.6. The third-order valence-corrected chi connectivity index (χ3v) is 2.39. The fourth-order valence-electron chi connectivity index (χ4n) is 0.846. The molecule has 0 aliphatic heterocycles. The minimum atomic E-state index is -4.03. The van der Waals surface area contributed by atoms with Crippen LogP contribution in [0.4, 0.5) is 0 Å². The summed E-state index contributed by atoms with van der Waals surface area (Å²) in [5, 5.41) is 0. The molecule has 1 N–H and O–H groups in total. The van der Waals surface area contributed by atoms with Gasteiger partial charge in [0.05, 0.1) is 4.90 Å². The number of hydrogen-bond donors (Lipinski definition) is 1.